The smallest absolute Gasteiger partial charge is 0.0969 e. The van der Waals surface area contributed by atoms with E-state index in [1.807, 2.05) is 11.8 Å². The Bertz CT molecular complexity index is 535. The van der Waals surface area contributed by atoms with Gasteiger partial charge in [0.2, 0.25) is 0 Å². The summed E-state index contributed by atoms with van der Waals surface area (Å²) >= 11 is 1.99. The van der Waals surface area contributed by atoms with Gasteiger partial charge >= 0.3 is 0 Å². The summed E-state index contributed by atoms with van der Waals surface area (Å²) in [6.45, 7) is 15.1. The van der Waals surface area contributed by atoms with Crippen LogP contribution < -0.4 is 5.32 Å². The third-order valence-corrected chi connectivity index (χ3v) is 5.58. The number of thioether (sulfide) groups is 1. The second kappa shape index (κ2) is 6.32. The van der Waals surface area contributed by atoms with E-state index in [0.29, 0.717) is 0 Å². The average Bonchev–Trinajstić information content (AvgIpc) is 2.70. The number of nitrogens with zero attached hydrogens (tertiary/aromatic N) is 2. The molecule has 0 spiro atoms. The SMILES string of the molecule is C=C(N1CCNCC1)N1CCSc2cc(C)c(C)cc2C1. The van der Waals surface area contributed by atoms with Gasteiger partial charge in [0.1, 0.15) is 0 Å². The van der Waals surface area contributed by atoms with Gasteiger partial charge in [-0.1, -0.05) is 12.6 Å². The van der Waals surface area contributed by atoms with Crippen molar-refractivity contribution in [2.24, 2.45) is 0 Å². The molecule has 0 saturated carbocycles. The number of hydrogen-bond donors (Lipinski definition) is 1. The highest BCUT2D eigenvalue weighted by molar-refractivity contribution is 7.99. The predicted molar refractivity (Wildman–Crippen MR) is 90.6 cm³/mol. The lowest BCUT2D eigenvalue weighted by Crippen LogP contribution is -2.46. The molecule has 0 atom stereocenters. The number of rotatable bonds is 2. The van der Waals surface area contributed by atoms with Crippen LogP contribution in [0.4, 0.5) is 0 Å². The van der Waals surface area contributed by atoms with Gasteiger partial charge in [-0.15, -0.1) is 11.8 Å². The summed E-state index contributed by atoms with van der Waals surface area (Å²) in [5, 5.41) is 3.41. The van der Waals surface area contributed by atoms with Crippen LogP contribution in [0.5, 0.6) is 0 Å². The minimum atomic E-state index is 0.992. The van der Waals surface area contributed by atoms with Crippen molar-refractivity contribution in [2.45, 2.75) is 25.3 Å². The predicted octanol–water partition coefficient (Wildman–Crippen LogP) is 2.59. The van der Waals surface area contributed by atoms with Gasteiger partial charge in [-0.3, -0.25) is 0 Å². The normalized spacial score (nSPS) is 19.1. The standard InChI is InChI=1S/C17H25N3S/c1-13-10-16-12-20(8-9-21-17(16)11-14(13)2)15(3)19-6-4-18-5-7-19/h10-11,18H,3-9,12H2,1-2H3. The lowest BCUT2D eigenvalue weighted by molar-refractivity contribution is 0.195. The molecule has 3 nitrogen and oxygen atoms in total. The average molecular weight is 303 g/mol. The van der Waals surface area contributed by atoms with Crippen LogP contribution in [0.25, 0.3) is 0 Å². The highest BCUT2D eigenvalue weighted by atomic mass is 32.2. The molecule has 0 amide bonds. The third kappa shape index (κ3) is 3.22. The Morgan fingerprint density at radius 3 is 2.57 bits per heavy atom. The lowest BCUT2D eigenvalue weighted by Gasteiger charge is -2.37. The zero-order valence-corrected chi connectivity index (χ0v) is 13.9. The first-order valence-corrected chi connectivity index (χ1v) is 8.76. The maximum Gasteiger partial charge on any atom is 0.0969 e. The Kier molecular flexibility index (Phi) is 4.45. The van der Waals surface area contributed by atoms with Gasteiger partial charge in [0.15, 0.2) is 0 Å². The molecule has 1 aromatic carbocycles. The van der Waals surface area contributed by atoms with Crippen molar-refractivity contribution in [3.63, 3.8) is 0 Å². The van der Waals surface area contributed by atoms with Crippen LogP contribution in [0.15, 0.2) is 29.4 Å². The molecule has 2 aliphatic heterocycles. The number of fused-ring (bicyclic) bond motifs is 1. The lowest BCUT2D eigenvalue weighted by atomic mass is 10.1. The molecule has 2 heterocycles. The second-order valence-electron chi connectivity index (χ2n) is 5.97. The highest BCUT2D eigenvalue weighted by Gasteiger charge is 2.21. The fourth-order valence-corrected chi connectivity index (χ4v) is 4.10. The van der Waals surface area contributed by atoms with Gasteiger partial charge in [-0.05, 0) is 36.6 Å². The van der Waals surface area contributed by atoms with Crippen molar-refractivity contribution in [1.29, 1.82) is 0 Å². The summed E-state index contributed by atoms with van der Waals surface area (Å²) < 4.78 is 0. The van der Waals surface area contributed by atoms with E-state index in [-0.39, 0.29) is 0 Å². The van der Waals surface area contributed by atoms with Gasteiger partial charge < -0.3 is 15.1 Å². The Morgan fingerprint density at radius 2 is 1.81 bits per heavy atom. The summed E-state index contributed by atoms with van der Waals surface area (Å²) in [5.41, 5.74) is 4.25. The fourth-order valence-electron chi connectivity index (χ4n) is 3.00. The first-order chi connectivity index (χ1) is 10.1. The van der Waals surface area contributed by atoms with E-state index in [0.717, 1.165) is 45.0 Å². The van der Waals surface area contributed by atoms with Crippen molar-refractivity contribution >= 4 is 11.8 Å². The van der Waals surface area contributed by atoms with Crippen molar-refractivity contribution in [2.75, 3.05) is 38.5 Å². The van der Waals surface area contributed by atoms with E-state index >= 15 is 0 Å². The molecule has 0 unspecified atom stereocenters. The number of aryl methyl sites for hydroxylation is 2. The topological polar surface area (TPSA) is 18.5 Å². The van der Waals surface area contributed by atoms with Crippen molar-refractivity contribution < 1.29 is 0 Å². The van der Waals surface area contributed by atoms with Crippen LogP contribution in [0.1, 0.15) is 16.7 Å². The Balaban J connectivity index is 1.78. The first-order valence-electron chi connectivity index (χ1n) is 7.77. The second-order valence-corrected chi connectivity index (χ2v) is 7.10. The molecule has 0 radical (unpaired) electrons. The summed E-state index contributed by atoms with van der Waals surface area (Å²) in [6.07, 6.45) is 0. The van der Waals surface area contributed by atoms with Crippen LogP contribution in [-0.2, 0) is 6.54 Å². The number of nitrogens with one attached hydrogen (secondary N) is 1. The molecule has 2 aliphatic rings. The van der Waals surface area contributed by atoms with Gasteiger partial charge in [-0.2, -0.15) is 0 Å². The Hall–Kier alpha value is -1.13. The molecule has 1 N–H and O–H groups in total. The molecule has 1 aromatic rings. The molecular formula is C17H25N3S. The van der Waals surface area contributed by atoms with E-state index in [2.05, 4.69) is 47.7 Å². The van der Waals surface area contributed by atoms with Crippen LogP contribution >= 0.6 is 11.8 Å². The zero-order chi connectivity index (χ0) is 14.8. The summed E-state index contributed by atoms with van der Waals surface area (Å²) in [7, 11) is 0. The minimum absolute atomic E-state index is 0.992. The van der Waals surface area contributed by atoms with E-state index in [1.54, 1.807) is 0 Å². The third-order valence-electron chi connectivity index (χ3n) is 4.50. The van der Waals surface area contributed by atoms with Gasteiger partial charge in [0, 0.05) is 49.9 Å². The molecule has 3 rings (SSSR count). The molecule has 0 aromatic heterocycles. The minimum Gasteiger partial charge on any atom is -0.356 e. The number of benzene rings is 1. The number of hydrogen-bond acceptors (Lipinski definition) is 4. The van der Waals surface area contributed by atoms with Crippen LogP contribution in [0.2, 0.25) is 0 Å². The van der Waals surface area contributed by atoms with Crippen molar-refractivity contribution in [3.8, 4) is 0 Å². The number of piperazine rings is 1. The molecule has 1 saturated heterocycles. The van der Waals surface area contributed by atoms with Crippen molar-refractivity contribution in [3.05, 3.63) is 41.2 Å². The first kappa shape index (κ1) is 14.8. The fraction of sp³-hybridized carbons (Fsp3) is 0.529. The Labute approximate surface area is 132 Å². The molecular weight excluding hydrogens is 278 g/mol. The molecule has 0 bridgehead atoms. The maximum absolute atomic E-state index is 4.37. The zero-order valence-electron chi connectivity index (χ0n) is 13.1. The summed E-state index contributed by atoms with van der Waals surface area (Å²) in [5.74, 6) is 2.34. The van der Waals surface area contributed by atoms with Crippen molar-refractivity contribution in [1.82, 2.24) is 15.1 Å². The maximum atomic E-state index is 4.37. The molecule has 21 heavy (non-hydrogen) atoms. The summed E-state index contributed by atoms with van der Waals surface area (Å²) in [6, 6.07) is 4.72. The molecule has 114 valence electrons. The molecule has 4 heteroatoms. The quantitative estimate of drug-likeness (QED) is 0.905. The van der Waals surface area contributed by atoms with Crippen LogP contribution in [0.3, 0.4) is 0 Å². The summed E-state index contributed by atoms with van der Waals surface area (Å²) in [4.78, 5) is 6.33. The Morgan fingerprint density at radius 1 is 1.10 bits per heavy atom. The van der Waals surface area contributed by atoms with E-state index in [4.69, 9.17) is 0 Å². The van der Waals surface area contributed by atoms with Gasteiger partial charge in [-0.25, -0.2) is 0 Å². The van der Waals surface area contributed by atoms with E-state index in [1.165, 1.54) is 27.4 Å². The molecule has 0 aliphatic carbocycles. The molecule has 1 fully saturated rings. The van der Waals surface area contributed by atoms with E-state index < -0.39 is 0 Å². The van der Waals surface area contributed by atoms with Crippen LogP contribution in [-0.4, -0.2) is 48.3 Å². The van der Waals surface area contributed by atoms with Crippen LogP contribution in [0, 0.1) is 13.8 Å². The highest BCUT2D eigenvalue weighted by Crippen LogP contribution is 2.31. The van der Waals surface area contributed by atoms with Gasteiger partial charge in [0.05, 0.1) is 5.82 Å². The van der Waals surface area contributed by atoms with E-state index in [9.17, 15) is 0 Å². The van der Waals surface area contributed by atoms with Gasteiger partial charge in [0.25, 0.3) is 0 Å². The largest absolute Gasteiger partial charge is 0.356 e. The monoisotopic (exact) mass is 303 g/mol.